The Kier molecular flexibility index (Phi) is 5.55. The Hall–Kier alpha value is -1.57. The second-order valence-corrected chi connectivity index (χ2v) is 6.34. The molecule has 0 fully saturated rings. The minimum atomic E-state index is -3.66. The molecule has 1 aromatic rings. The van der Waals surface area contributed by atoms with Crippen molar-refractivity contribution in [1.82, 2.24) is 4.72 Å². The molecule has 1 aromatic carbocycles. The van der Waals surface area contributed by atoms with Gasteiger partial charge in [-0.2, -0.15) is 0 Å². The standard InChI is InChI=1S/C11H10Cl2N2O4S/c1-20(18,19)15-11(17)3-2-10(16)14-9-5-7(12)4-8(13)6-9/h2-6H,1H3,(H,14,16)(H,15,17)/b3-2-. The van der Waals surface area contributed by atoms with Gasteiger partial charge in [0.1, 0.15) is 0 Å². The van der Waals surface area contributed by atoms with Crippen molar-refractivity contribution in [3.63, 3.8) is 0 Å². The normalized spacial score (nSPS) is 11.3. The number of rotatable bonds is 4. The fourth-order valence-electron chi connectivity index (χ4n) is 1.18. The van der Waals surface area contributed by atoms with E-state index in [4.69, 9.17) is 23.2 Å². The van der Waals surface area contributed by atoms with E-state index in [0.29, 0.717) is 15.7 Å². The summed E-state index contributed by atoms with van der Waals surface area (Å²) in [5, 5.41) is 3.10. The second kappa shape index (κ2) is 6.74. The molecule has 0 atom stereocenters. The number of anilines is 1. The predicted octanol–water partition coefficient (Wildman–Crippen LogP) is 1.56. The molecule has 6 nitrogen and oxygen atoms in total. The van der Waals surface area contributed by atoms with Gasteiger partial charge in [-0.25, -0.2) is 13.1 Å². The van der Waals surface area contributed by atoms with Crippen LogP contribution in [0.2, 0.25) is 10.0 Å². The molecular formula is C11H10Cl2N2O4S. The molecule has 0 heterocycles. The minimum absolute atomic E-state index is 0.339. The van der Waals surface area contributed by atoms with E-state index in [1.807, 2.05) is 0 Å². The maximum absolute atomic E-state index is 11.5. The van der Waals surface area contributed by atoms with Gasteiger partial charge >= 0.3 is 0 Å². The van der Waals surface area contributed by atoms with Crippen molar-refractivity contribution in [2.24, 2.45) is 0 Å². The highest BCUT2D eigenvalue weighted by molar-refractivity contribution is 7.89. The number of carbonyl (C=O) groups is 2. The maximum Gasteiger partial charge on any atom is 0.257 e. The Balaban J connectivity index is 2.66. The summed E-state index contributed by atoms with van der Waals surface area (Å²) < 4.78 is 23.2. The molecule has 1 rings (SSSR count). The number of amides is 2. The van der Waals surface area contributed by atoms with Crippen LogP contribution in [-0.2, 0) is 19.6 Å². The van der Waals surface area contributed by atoms with Gasteiger partial charge in [0.15, 0.2) is 0 Å². The number of hydrogen-bond acceptors (Lipinski definition) is 4. The molecule has 0 aliphatic heterocycles. The van der Waals surface area contributed by atoms with Gasteiger partial charge in [-0.3, -0.25) is 9.59 Å². The van der Waals surface area contributed by atoms with Crippen molar-refractivity contribution in [2.45, 2.75) is 0 Å². The smallest absolute Gasteiger partial charge is 0.257 e. The zero-order valence-corrected chi connectivity index (χ0v) is 12.5. The quantitative estimate of drug-likeness (QED) is 0.816. The van der Waals surface area contributed by atoms with Crippen LogP contribution in [0.3, 0.4) is 0 Å². The lowest BCUT2D eigenvalue weighted by molar-refractivity contribution is -0.116. The Bertz CT molecular complexity index is 651. The molecule has 0 aliphatic carbocycles. The summed E-state index contributed by atoms with van der Waals surface area (Å²) in [7, 11) is -3.66. The predicted molar refractivity (Wildman–Crippen MR) is 77.2 cm³/mol. The molecular weight excluding hydrogens is 327 g/mol. The Morgan fingerprint density at radius 1 is 1.05 bits per heavy atom. The van der Waals surface area contributed by atoms with E-state index in [9.17, 15) is 18.0 Å². The van der Waals surface area contributed by atoms with Crippen molar-refractivity contribution in [1.29, 1.82) is 0 Å². The zero-order chi connectivity index (χ0) is 15.3. The van der Waals surface area contributed by atoms with Crippen LogP contribution in [0, 0.1) is 0 Å². The van der Waals surface area contributed by atoms with E-state index in [2.05, 4.69) is 5.32 Å². The van der Waals surface area contributed by atoms with Crippen LogP contribution < -0.4 is 10.0 Å². The minimum Gasteiger partial charge on any atom is -0.322 e. The first kappa shape index (κ1) is 16.5. The third-order valence-electron chi connectivity index (χ3n) is 1.80. The topological polar surface area (TPSA) is 92.3 Å². The summed E-state index contributed by atoms with van der Waals surface area (Å²) in [5.41, 5.74) is 0.348. The van der Waals surface area contributed by atoms with Gasteiger partial charge in [0, 0.05) is 27.9 Å². The van der Waals surface area contributed by atoms with Crippen LogP contribution in [0.4, 0.5) is 5.69 Å². The monoisotopic (exact) mass is 336 g/mol. The number of nitrogens with one attached hydrogen (secondary N) is 2. The van der Waals surface area contributed by atoms with Crippen LogP contribution in [0.1, 0.15) is 0 Å². The van der Waals surface area contributed by atoms with Crippen molar-refractivity contribution in [3.05, 3.63) is 40.4 Å². The van der Waals surface area contributed by atoms with E-state index in [1.54, 1.807) is 4.72 Å². The van der Waals surface area contributed by atoms with Gasteiger partial charge in [0.05, 0.1) is 6.26 Å². The number of benzene rings is 1. The second-order valence-electron chi connectivity index (χ2n) is 3.72. The van der Waals surface area contributed by atoms with E-state index >= 15 is 0 Å². The number of halogens is 2. The van der Waals surface area contributed by atoms with E-state index in [0.717, 1.165) is 18.4 Å². The first-order valence-electron chi connectivity index (χ1n) is 5.12. The van der Waals surface area contributed by atoms with Gasteiger partial charge in [-0.05, 0) is 18.2 Å². The molecule has 0 aliphatic rings. The molecule has 0 radical (unpaired) electrons. The summed E-state index contributed by atoms with van der Waals surface area (Å²) >= 11 is 11.5. The van der Waals surface area contributed by atoms with Crippen LogP contribution in [-0.4, -0.2) is 26.5 Å². The van der Waals surface area contributed by atoms with Gasteiger partial charge in [0.25, 0.3) is 5.91 Å². The fraction of sp³-hybridized carbons (Fsp3) is 0.0909. The fourth-order valence-corrected chi connectivity index (χ4v) is 2.14. The lowest BCUT2D eigenvalue weighted by Gasteiger charge is -2.03. The summed E-state index contributed by atoms with van der Waals surface area (Å²) in [4.78, 5) is 22.6. The largest absolute Gasteiger partial charge is 0.322 e. The summed E-state index contributed by atoms with van der Waals surface area (Å²) in [6.07, 6.45) is 2.50. The Morgan fingerprint density at radius 3 is 2.05 bits per heavy atom. The highest BCUT2D eigenvalue weighted by Crippen LogP contribution is 2.22. The molecule has 108 valence electrons. The summed E-state index contributed by atoms with van der Waals surface area (Å²) in [6.45, 7) is 0. The zero-order valence-electron chi connectivity index (χ0n) is 10.2. The first-order chi connectivity index (χ1) is 9.15. The molecule has 0 saturated heterocycles. The average molecular weight is 337 g/mol. The lowest BCUT2D eigenvalue weighted by Crippen LogP contribution is -2.27. The molecule has 20 heavy (non-hydrogen) atoms. The van der Waals surface area contributed by atoms with E-state index in [-0.39, 0.29) is 0 Å². The molecule has 2 amide bonds. The van der Waals surface area contributed by atoms with Crippen LogP contribution in [0.15, 0.2) is 30.4 Å². The lowest BCUT2D eigenvalue weighted by atomic mass is 10.3. The van der Waals surface area contributed by atoms with Crippen molar-refractivity contribution < 1.29 is 18.0 Å². The number of carbonyl (C=O) groups excluding carboxylic acids is 2. The molecule has 0 bridgehead atoms. The van der Waals surface area contributed by atoms with E-state index < -0.39 is 21.8 Å². The van der Waals surface area contributed by atoms with Gasteiger partial charge < -0.3 is 5.32 Å². The van der Waals surface area contributed by atoms with E-state index in [1.165, 1.54) is 18.2 Å². The number of hydrogen-bond donors (Lipinski definition) is 2. The average Bonchev–Trinajstić information content (AvgIpc) is 2.22. The molecule has 9 heteroatoms. The maximum atomic E-state index is 11.5. The van der Waals surface area contributed by atoms with Gasteiger partial charge in [0.2, 0.25) is 15.9 Å². The number of sulfonamides is 1. The van der Waals surface area contributed by atoms with Crippen LogP contribution in [0.5, 0.6) is 0 Å². The first-order valence-corrected chi connectivity index (χ1v) is 7.77. The van der Waals surface area contributed by atoms with Crippen molar-refractivity contribution in [2.75, 3.05) is 11.6 Å². The highest BCUT2D eigenvalue weighted by atomic mass is 35.5. The summed E-state index contributed by atoms with van der Waals surface area (Å²) in [5.74, 6) is -1.56. The molecule has 2 N–H and O–H groups in total. The highest BCUT2D eigenvalue weighted by Gasteiger charge is 2.06. The summed E-state index contributed by atoms with van der Waals surface area (Å²) in [6, 6.07) is 4.43. The molecule has 0 spiro atoms. The van der Waals surface area contributed by atoms with Crippen LogP contribution in [0.25, 0.3) is 0 Å². The van der Waals surface area contributed by atoms with Gasteiger partial charge in [-0.1, -0.05) is 23.2 Å². The van der Waals surface area contributed by atoms with Crippen molar-refractivity contribution in [3.8, 4) is 0 Å². The molecule has 0 aromatic heterocycles. The molecule has 0 saturated carbocycles. The third kappa shape index (κ3) is 6.55. The van der Waals surface area contributed by atoms with Crippen LogP contribution >= 0.6 is 23.2 Å². The third-order valence-corrected chi connectivity index (χ3v) is 2.81. The van der Waals surface area contributed by atoms with Gasteiger partial charge in [-0.15, -0.1) is 0 Å². The Morgan fingerprint density at radius 2 is 1.55 bits per heavy atom. The SMILES string of the molecule is CS(=O)(=O)NC(=O)/C=C\C(=O)Nc1cc(Cl)cc(Cl)c1. The Labute approximate surface area is 125 Å². The van der Waals surface area contributed by atoms with Crippen molar-refractivity contribution >= 4 is 50.7 Å². The molecule has 0 unspecified atom stereocenters.